The van der Waals surface area contributed by atoms with Crippen molar-refractivity contribution in [1.82, 2.24) is 15.3 Å². The number of anilines is 1. The van der Waals surface area contributed by atoms with E-state index >= 15 is 0 Å². The number of benzene rings is 2. The maximum Gasteiger partial charge on any atom is 0.243 e. The van der Waals surface area contributed by atoms with Gasteiger partial charge in [-0.05, 0) is 37.7 Å². The van der Waals surface area contributed by atoms with Gasteiger partial charge >= 0.3 is 0 Å². The van der Waals surface area contributed by atoms with Gasteiger partial charge in [0.15, 0.2) is 5.82 Å². The number of nitrogens with one attached hydrogen (secondary N) is 1. The zero-order chi connectivity index (χ0) is 23.9. The molecule has 2 heterocycles. The van der Waals surface area contributed by atoms with Gasteiger partial charge in [0.25, 0.3) is 0 Å². The molecule has 1 aromatic heterocycles. The number of fused-ring (bicyclic) bond motifs is 1. The molecule has 1 atom stereocenters. The zero-order valence-corrected chi connectivity index (χ0v) is 20.4. The molecule has 1 aliphatic heterocycles. The maximum absolute atomic E-state index is 13.6. The first-order valence-electron chi connectivity index (χ1n) is 12.2. The fourth-order valence-corrected chi connectivity index (χ4v) is 4.45. The van der Waals surface area contributed by atoms with Crippen LogP contribution in [0.15, 0.2) is 72.8 Å². The molecule has 0 radical (unpaired) electrons. The largest absolute Gasteiger partial charge is 0.350 e. The molecule has 0 spiro atoms. The Morgan fingerprint density at radius 3 is 2.41 bits per heavy atom. The molecule has 0 aliphatic carbocycles. The molecule has 5 nitrogen and oxygen atoms in total. The van der Waals surface area contributed by atoms with Gasteiger partial charge in [0.1, 0.15) is 11.9 Å². The number of aromatic nitrogens is 2. The van der Waals surface area contributed by atoms with E-state index in [1.54, 1.807) is 0 Å². The van der Waals surface area contributed by atoms with Crippen molar-refractivity contribution >= 4 is 11.7 Å². The third-order valence-electron chi connectivity index (χ3n) is 6.21. The van der Waals surface area contributed by atoms with Crippen LogP contribution < -0.4 is 10.2 Å². The average Bonchev–Trinajstić information content (AvgIpc) is 2.83. The smallest absolute Gasteiger partial charge is 0.243 e. The lowest BCUT2D eigenvalue weighted by Crippen LogP contribution is -2.48. The molecule has 0 fully saturated rings. The molecule has 176 valence electrons. The average molecular weight is 455 g/mol. The van der Waals surface area contributed by atoms with Crippen LogP contribution in [0.5, 0.6) is 0 Å². The first-order valence-corrected chi connectivity index (χ1v) is 12.2. The Labute approximate surface area is 203 Å². The number of hydrogen-bond acceptors (Lipinski definition) is 4. The molecule has 0 saturated heterocycles. The third-order valence-corrected chi connectivity index (χ3v) is 6.21. The van der Waals surface area contributed by atoms with Gasteiger partial charge in [0.2, 0.25) is 5.91 Å². The Kier molecular flexibility index (Phi) is 7.73. The lowest BCUT2D eigenvalue weighted by molar-refractivity contribution is -0.122. The van der Waals surface area contributed by atoms with Crippen LogP contribution in [-0.4, -0.2) is 28.5 Å². The molecule has 34 heavy (non-hydrogen) atoms. The van der Waals surface area contributed by atoms with Crippen molar-refractivity contribution < 1.29 is 4.79 Å². The number of carbonyl (C=O) groups is 1. The highest BCUT2D eigenvalue weighted by Crippen LogP contribution is 2.30. The monoisotopic (exact) mass is 454 g/mol. The number of aryl methyl sites for hydroxylation is 1. The summed E-state index contributed by atoms with van der Waals surface area (Å²) < 4.78 is 0. The summed E-state index contributed by atoms with van der Waals surface area (Å²) in [5.41, 5.74) is 4.20. The van der Waals surface area contributed by atoms with Crippen LogP contribution in [0.1, 0.15) is 43.5 Å². The summed E-state index contributed by atoms with van der Waals surface area (Å²) in [6.07, 6.45) is 6.93. The summed E-state index contributed by atoms with van der Waals surface area (Å²) in [6.45, 7) is 7.55. The van der Waals surface area contributed by atoms with Gasteiger partial charge in [-0.25, -0.2) is 9.97 Å². The minimum atomic E-state index is -0.317. The molecule has 4 rings (SSSR count). The van der Waals surface area contributed by atoms with Crippen LogP contribution in [0.2, 0.25) is 0 Å². The Morgan fingerprint density at radius 1 is 1.00 bits per heavy atom. The fraction of sp³-hybridized carbons (Fsp3) is 0.345. The van der Waals surface area contributed by atoms with E-state index in [1.807, 2.05) is 60.7 Å². The van der Waals surface area contributed by atoms with Crippen LogP contribution in [0, 0.1) is 12.8 Å². The fourth-order valence-electron chi connectivity index (χ4n) is 4.45. The van der Waals surface area contributed by atoms with Crippen molar-refractivity contribution in [1.29, 1.82) is 0 Å². The SMILES string of the molecule is Cc1nc(-c2ccccc2)nc2c1CC/C=C\CN2C(CC(C)C)C(=O)NCc1ccccc1. The van der Waals surface area contributed by atoms with E-state index in [4.69, 9.17) is 9.97 Å². The number of nitrogens with zero attached hydrogens (tertiary/aromatic N) is 3. The van der Waals surface area contributed by atoms with Crippen LogP contribution >= 0.6 is 0 Å². The van der Waals surface area contributed by atoms with E-state index in [0.29, 0.717) is 24.8 Å². The first-order chi connectivity index (χ1) is 16.5. The highest BCUT2D eigenvalue weighted by Gasteiger charge is 2.30. The van der Waals surface area contributed by atoms with Crippen molar-refractivity contribution in [2.75, 3.05) is 11.4 Å². The van der Waals surface area contributed by atoms with Crippen LogP contribution in [-0.2, 0) is 17.8 Å². The third kappa shape index (κ3) is 5.71. The second-order valence-corrected chi connectivity index (χ2v) is 9.31. The van der Waals surface area contributed by atoms with Crippen LogP contribution in [0.4, 0.5) is 5.82 Å². The van der Waals surface area contributed by atoms with Crippen LogP contribution in [0.25, 0.3) is 11.4 Å². The minimum absolute atomic E-state index is 0.0370. The summed E-state index contributed by atoms with van der Waals surface area (Å²) in [7, 11) is 0. The van der Waals surface area contributed by atoms with Crippen molar-refractivity contribution in [3.8, 4) is 11.4 Å². The number of hydrogen-bond donors (Lipinski definition) is 1. The standard InChI is InChI=1S/C29H34N4O/c1-21(2)19-26(29(34)30-20-23-13-7-4-8-14-23)33-18-12-6-11-17-25-22(3)31-27(32-28(25)33)24-15-9-5-10-16-24/h4-10,12-16,21,26H,11,17-20H2,1-3H3,(H,30,34)/b12-6-. The summed E-state index contributed by atoms with van der Waals surface area (Å²) in [5.74, 6) is 1.99. The highest BCUT2D eigenvalue weighted by molar-refractivity contribution is 5.85. The van der Waals surface area contributed by atoms with Gasteiger partial charge in [-0.2, -0.15) is 0 Å². The predicted molar refractivity (Wildman–Crippen MR) is 139 cm³/mol. The second kappa shape index (κ2) is 11.1. The highest BCUT2D eigenvalue weighted by atomic mass is 16.2. The summed E-state index contributed by atoms with van der Waals surface area (Å²) in [6, 6.07) is 19.8. The van der Waals surface area contributed by atoms with Gasteiger partial charge in [-0.1, -0.05) is 86.7 Å². The van der Waals surface area contributed by atoms with E-state index in [-0.39, 0.29) is 11.9 Å². The van der Waals surface area contributed by atoms with Gasteiger partial charge in [-0.15, -0.1) is 0 Å². The Morgan fingerprint density at radius 2 is 1.71 bits per heavy atom. The normalized spacial score (nSPS) is 15.2. The van der Waals surface area contributed by atoms with E-state index in [9.17, 15) is 4.79 Å². The lowest BCUT2D eigenvalue weighted by atomic mass is 9.98. The van der Waals surface area contributed by atoms with Crippen molar-refractivity contribution in [3.05, 3.63) is 89.6 Å². The molecule has 1 unspecified atom stereocenters. The lowest BCUT2D eigenvalue weighted by Gasteiger charge is -2.34. The molecule has 0 bridgehead atoms. The first kappa shape index (κ1) is 23.7. The van der Waals surface area contributed by atoms with Crippen molar-refractivity contribution in [3.63, 3.8) is 0 Å². The van der Waals surface area contributed by atoms with Gasteiger partial charge < -0.3 is 10.2 Å². The number of allylic oxidation sites excluding steroid dienone is 1. The molecule has 2 aromatic carbocycles. The van der Waals surface area contributed by atoms with E-state index in [0.717, 1.165) is 47.5 Å². The Bertz CT molecular complexity index is 1130. The molecule has 3 aromatic rings. The van der Waals surface area contributed by atoms with Crippen LogP contribution in [0.3, 0.4) is 0 Å². The molecule has 5 heteroatoms. The molecule has 1 N–H and O–H groups in total. The molecule has 0 saturated carbocycles. The quantitative estimate of drug-likeness (QED) is 0.480. The van der Waals surface area contributed by atoms with Crippen molar-refractivity contribution in [2.45, 2.75) is 52.6 Å². The summed E-state index contributed by atoms with van der Waals surface area (Å²) in [4.78, 5) is 25.7. The number of rotatable bonds is 7. The summed E-state index contributed by atoms with van der Waals surface area (Å²) >= 11 is 0. The van der Waals surface area contributed by atoms with E-state index in [2.05, 4.69) is 43.1 Å². The van der Waals surface area contributed by atoms with Gasteiger partial charge in [-0.3, -0.25) is 4.79 Å². The molecule has 1 aliphatic rings. The molecule has 1 amide bonds. The molecular formula is C29H34N4O. The zero-order valence-electron chi connectivity index (χ0n) is 20.4. The van der Waals surface area contributed by atoms with Crippen molar-refractivity contribution in [2.24, 2.45) is 5.92 Å². The predicted octanol–water partition coefficient (Wildman–Crippen LogP) is 5.49. The number of amides is 1. The summed E-state index contributed by atoms with van der Waals surface area (Å²) in [5, 5.41) is 3.18. The maximum atomic E-state index is 13.6. The number of carbonyl (C=O) groups excluding carboxylic acids is 1. The Balaban J connectivity index is 1.71. The minimum Gasteiger partial charge on any atom is -0.350 e. The second-order valence-electron chi connectivity index (χ2n) is 9.31. The van der Waals surface area contributed by atoms with E-state index < -0.39 is 0 Å². The van der Waals surface area contributed by atoms with Gasteiger partial charge in [0, 0.05) is 29.9 Å². The van der Waals surface area contributed by atoms with Gasteiger partial charge in [0.05, 0.1) is 0 Å². The van der Waals surface area contributed by atoms with E-state index in [1.165, 1.54) is 0 Å². The molecular weight excluding hydrogens is 420 g/mol. The topological polar surface area (TPSA) is 58.1 Å². The Hall–Kier alpha value is -3.47.